The van der Waals surface area contributed by atoms with Crippen LogP contribution in [0.25, 0.3) is 0 Å². The number of amides is 1. The molecule has 1 aromatic rings. The van der Waals surface area contributed by atoms with Crippen LogP contribution in [-0.2, 0) is 0 Å². The highest BCUT2D eigenvalue weighted by atomic mass is 35.5. The van der Waals surface area contributed by atoms with Gasteiger partial charge >= 0.3 is 0 Å². The Balaban J connectivity index is 2.23. The van der Waals surface area contributed by atoms with Gasteiger partial charge < -0.3 is 5.32 Å². The summed E-state index contributed by atoms with van der Waals surface area (Å²) < 4.78 is 0. The van der Waals surface area contributed by atoms with E-state index in [0.29, 0.717) is 0 Å². The van der Waals surface area contributed by atoms with E-state index in [1.807, 2.05) is 6.07 Å². The molecular weight excluding hydrogens is 270 g/mol. The summed E-state index contributed by atoms with van der Waals surface area (Å²) in [5.74, 6) is -0.470. The van der Waals surface area contributed by atoms with Crippen LogP contribution in [0.4, 0.5) is 5.69 Å². The Morgan fingerprint density at radius 3 is 2.79 bits per heavy atom. The number of rotatable bonds is 4. The summed E-state index contributed by atoms with van der Waals surface area (Å²) in [5.41, 5.74) is -0.451. The molecule has 1 saturated carbocycles. The fraction of sp³-hybridized carbons (Fsp3) is 0.333. The molecule has 0 bridgehead atoms. The standard InChI is InChI=1S/C12H10ClN3O3/c13-8-3-4-9(11(5-8)16(18)19)12(17)15-10(6-14)7-1-2-7/h3-5,7,10H,1-2H2,(H,15,17). The van der Waals surface area contributed by atoms with Crippen molar-refractivity contribution < 1.29 is 9.72 Å². The number of benzene rings is 1. The predicted molar refractivity (Wildman–Crippen MR) is 67.7 cm³/mol. The SMILES string of the molecule is N#CC(NC(=O)c1ccc(Cl)cc1[N+](=O)[O-])C1CC1. The summed E-state index contributed by atoms with van der Waals surface area (Å²) in [6, 6.07) is 5.22. The average Bonchev–Trinajstić information content (AvgIpc) is 3.19. The number of nitriles is 1. The van der Waals surface area contributed by atoms with Crippen molar-refractivity contribution in [2.45, 2.75) is 18.9 Å². The Labute approximate surface area is 114 Å². The fourth-order valence-corrected chi connectivity index (χ4v) is 1.92. The van der Waals surface area contributed by atoms with Crippen molar-refractivity contribution >= 4 is 23.2 Å². The van der Waals surface area contributed by atoms with Crippen LogP contribution in [0, 0.1) is 27.4 Å². The van der Waals surface area contributed by atoms with Crippen LogP contribution in [-0.4, -0.2) is 16.9 Å². The minimum absolute atomic E-state index is 0.0877. The molecule has 1 N–H and O–H groups in total. The van der Waals surface area contributed by atoms with Gasteiger partial charge in [-0.3, -0.25) is 14.9 Å². The molecule has 0 aromatic heterocycles. The summed E-state index contributed by atoms with van der Waals surface area (Å²) in [4.78, 5) is 22.2. The molecule has 98 valence electrons. The van der Waals surface area contributed by atoms with Gasteiger partial charge in [0, 0.05) is 11.1 Å². The Morgan fingerprint density at radius 2 is 2.26 bits per heavy atom. The normalized spacial score (nSPS) is 15.4. The first-order valence-corrected chi connectivity index (χ1v) is 6.05. The maximum absolute atomic E-state index is 12.0. The molecule has 1 fully saturated rings. The monoisotopic (exact) mass is 279 g/mol. The molecule has 2 rings (SSSR count). The molecule has 0 spiro atoms. The number of nitro benzene ring substituents is 1. The van der Waals surface area contributed by atoms with Gasteiger partial charge in [0.2, 0.25) is 0 Å². The van der Waals surface area contributed by atoms with Gasteiger partial charge in [0.1, 0.15) is 11.6 Å². The van der Waals surface area contributed by atoms with Gasteiger partial charge in [-0.15, -0.1) is 0 Å². The van der Waals surface area contributed by atoms with Crippen molar-refractivity contribution in [3.8, 4) is 6.07 Å². The van der Waals surface area contributed by atoms with E-state index in [1.54, 1.807) is 0 Å². The summed E-state index contributed by atoms with van der Waals surface area (Å²) in [5, 5.41) is 22.5. The average molecular weight is 280 g/mol. The Morgan fingerprint density at radius 1 is 1.58 bits per heavy atom. The van der Waals surface area contributed by atoms with Crippen molar-refractivity contribution in [3.05, 3.63) is 38.9 Å². The van der Waals surface area contributed by atoms with Crippen molar-refractivity contribution in [2.75, 3.05) is 0 Å². The maximum Gasteiger partial charge on any atom is 0.283 e. The van der Waals surface area contributed by atoms with Crippen LogP contribution in [0.1, 0.15) is 23.2 Å². The maximum atomic E-state index is 12.0. The zero-order chi connectivity index (χ0) is 14.0. The van der Waals surface area contributed by atoms with Crippen LogP contribution in [0.15, 0.2) is 18.2 Å². The molecule has 1 atom stereocenters. The molecule has 0 heterocycles. The molecule has 1 aliphatic rings. The van der Waals surface area contributed by atoms with Crippen LogP contribution in [0.3, 0.4) is 0 Å². The Kier molecular flexibility index (Phi) is 3.67. The highest BCUT2D eigenvalue weighted by Gasteiger charge is 2.33. The molecule has 19 heavy (non-hydrogen) atoms. The second-order valence-corrected chi connectivity index (χ2v) is 4.77. The van der Waals surface area contributed by atoms with E-state index in [-0.39, 0.29) is 22.2 Å². The van der Waals surface area contributed by atoms with E-state index in [0.717, 1.165) is 18.9 Å². The molecule has 0 radical (unpaired) electrons. The Hall–Kier alpha value is -2.13. The number of carbonyl (C=O) groups is 1. The van der Waals surface area contributed by atoms with Gasteiger partial charge in [0.25, 0.3) is 11.6 Å². The molecular formula is C12H10ClN3O3. The lowest BCUT2D eigenvalue weighted by Gasteiger charge is -2.10. The van der Waals surface area contributed by atoms with E-state index < -0.39 is 16.9 Å². The minimum Gasteiger partial charge on any atom is -0.336 e. The first kappa shape index (κ1) is 13.3. The number of nitrogens with zero attached hydrogens (tertiary/aromatic N) is 2. The van der Waals surface area contributed by atoms with Gasteiger partial charge in [-0.05, 0) is 30.9 Å². The van der Waals surface area contributed by atoms with E-state index in [9.17, 15) is 14.9 Å². The molecule has 1 unspecified atom stereocenters. The third-order valence-electron chi connectivity index (χ3n) is 2.92. The molecule has 6 nitrogen and oxygen atoms in total. The number of halogens is 1. The third kappa shape index (κ3) is 3.01. The van der Waals surface area contributed by atoms with Crippen molar-refractivity contribution in [3.63, 3.8) is 0 Å². The molecule has 1 amide bonds. The number of nitro groups is 1. The summed E-state index contributed by atoms with van der Waals surface area (Å²) >= 11 is 5.67. The van der Waals surface area contributed by atoms with Crippen LogP contribution in [0.5, 0.6) is 0 Å². The number of nitrogens with one attached hydrogen (secondary N) is 1. The molecule has 1 aliphatic carbocycles. The van der Waals surface area contributed by atoms with Crippen LogP contribution in [0.2, 0.25) is 5.02 Å². The summed E-state index contributed by atoms with van der Waals surface area (Å²) in [6.45, 7) is 0. The fourth-order valence-electron chi connectivity index (χ4n) is 1.75. The van der Waals surface area contributed by atoms with Crippen molar-refractivity contribution in [2.24, 2.45) is 5.92 Å². The van der Waals surface area contributed by atoms with E-state index in [4.69, 9.17) is 16.9 Å². The van der Waals surface area contributed by atoms with Gasteiger partial charge in [0.15, 0.2) is 0 Å². The molecule has 1 aromatic carbocycles. The van der Waals surface area contributed by atoms with Gasteiger partial charge in [-0.2, -0.15) is 5.26 Å². The van der Waals surface area contributed by atoms with Crippen molar-refractivity contribution in [1.82, 2.24) is 5.32 Å². The summed E-state index contributed by atoms with van der Waals surface area (Å²) in [7, 11) is 0. The van der Waals surface area contributed by atoms with Gasteiger partial charge in [0.05, 0.1) is 11.0 Å². The van der Waals surface area contributed by atoms with E-state index >= 15 is 0 Å². The van der Waals surface area contributed by atoms with Crippen LogP contribution >= 0.6 is 11.6 Å². The third-order valence-corrected chi connectivity index (χ3v) is 3.16. The highest BCUT2D eigenvalue weighted by molar-refractivity contribution is 6.31. The Bertz CT molecular complexity index is 578. The van der Waals surface area contributed by atoms with Crippen LogP contribution < -0.4 is 5.32 Å². The minimum atomic E-state index is -0.667. The second-order valence-electron chi connectivity index (χ2n) is 4.34. The lowest BCUT2D eigenvalue weighted by atomic mass is 10.1. The number of hydrogen-bond donors (Lipinski definition) is 1. The number of carbonyl (C=O) groups excluding carboxylic acids is 1. The topological polar surface area (TPSA) is 96.0 Å². The van der Waals surface area contributed by atoms with Gasteiger partial charge in [-0.25, -0.2) is 0 Å². The lowest BCUT2D eigenvalue weighted by Crippen LogP contribution is -2.35. The quantitative estimate of drug-likeness (QED) is 0.675. The largest absolute Gasteiger partial charge is 0.336 e. The smallest absolute Gasteiger partial charge is 0.283 e. The number of hydrogen-bond acceptors (Lipinski definition) is 4. The van der Waals surface area contributed by atoms with Gasteiger partial charge in [-0.1, -0.05) is 11.6 Å². The zero-order valence-electron chi connectivity index (χ0n) is 9.80. The highest BCUT2D eigenvalue weighted by Crippen LogP contribution is 2.32. The molecule has 0 saturated heterocycles. The first-order chi connectivity index (χ1) is 9.02. The first-order valence-electron chi connectivity index (χ1n) is 5.67. The molecule has 0 aliphatic heterocycles. The van der Waals surface area contributed by atoms with E-state index in [2.05, 4.69) is 5.32 Å². The molecule has 7 heteroatoms. The zero-order valence-corrected chi connectivity index (χ0v) is 10.6. The predicted octanol–water partition coefficient (Wildman–Crippen LogP) is 2.28. The second kappa shape index (κ2) is 5.24. The van der Waals surface area contributed by atoms with Crippen molar-refractivity contribution in [1.29, 1.82) is 5.26 Å². The summed E-state index contributed by atoms with van der Waals surface area (Å²) in [6.07, 6.45) is 1.78. The lowest BCUT2D eigenvalue weighted by molar-refractivity contribution is -0.385. The van der Waals surface area contributed by atoms with E-state index in [1.165, 1.54) is 12.1 Å².